The number of amides is 1. The van der Waals surface area contributed by atoms with Crippen molar-refractivity contribution in [3.63, 3.8) is 0 Å². The summed E-state index contributed by atoms with van der Waals surface area (Å²) < 4.78 is 0.662. The molecule has 3 nitrogen and oxygen atoms in total. The minimum absolute atomic E-state index is 0.0324. The molecule has 2 saturated heterocycles. The summed E-state index contributed by atoms with van der Waals surface area (Å²) in [7, 11) is 2.07. The average Bonchev–Trinajstić information content (AvgIpc) is 2.81. The zero-order chi connectivity index (χ0) is 12.4. The van der Waals surface area contributed by atoms with Crippen molar-refractivity contribution in [3.8, 4) is 0 Å². The molecule has 0 spiro atoms. The molecule has 0 atom stereocenters. The Morgan fingerprint density at radius 2 is 2.24 bits per heavy atom. The molecule has 2 aliphatic rings. The fourth-order valence-corrected chi connectivity index (χ4v) is 3.99. The van der Waals surface area contributed by atoms with E-state index in [1.807, 2.05) is 30.8 Å². The Morgan fingerprint density at radius 3 is 2.76 bits per heavy atom. The zero-order valence-electron chi connectivity index (χ0n) is 9.80. The van der Waals surface area contributed by atoms with Crippen LogP contribution in [0.5, 0.6) is 0 Å². The normalized spacial score (nSPS) is 25.8. The summed E-state index contributed by atoms with van der Waals surface area (Å²) in [4.78, 5) is 16.5. The summed E-state index contributed by atoms with van der Waals surface area (Å²) in [5.41, 5.74) is 0. The number of nitrogens with zero attached hydrogens (tertiary/aromatic N) is 2. The van der Waals surface area contributed by atoms with Crippen LogP contribution in [0.3, 0.4) is 0 Å². The summed E-state index contributed by atoms with van der Waals surface area (Å²) >= 11 is 8.36. The van der Waals surface area contributed by atoms with E-state index >= 15 is 0 Å². The lowest BCUT2D eigenvalue weighted by atomic mass is 10.4. The number of hydrogen-bond acceptors (Lipinski definition) is 5. The Morgan fingerprint density at radius 1 is 1.47 bits per heavy atom. The highest BCUT2D eigenvalue weighted by Crippen LogP contribution is 2.32. The van der Waals surface area contributed by atoms with Crippen LogP contribution in [0.15, 0.2) is 22.1 Å². The molecule has 0 saturated carbocycles. The lowest BCUT2D eigenvalue weighted by Gasteiger charge is -2.10. The second kappa shape index (κ2) is 5.46. The number of thiocarbonyl (C=S) groups is 1. The fraction of sp³-hybridized carbons (Fsp3) is 0.455. The van der Waals surface area contributed by atoms with E-state index in [9.17, 15) is 4.79 Å². The first kappa shape index (κ1) is 13.0. The van der Waals surface area contributed by atoms with Gasteiger partial charge >= 0.3 is 0 Å². The molecule has 2 aliphatic heterocycles. The summed E-state index contributed by atoms with van der Waals surface area (Å²) in [5.74, 6) is 1.15. The van der Waals surface area contributed by atoms with Gasteiger partial charge in [0.1, 0.15) is 4.32 Å². The number of hydrogen-bond donors (Lipinski definition) is 0. The number of thioether (sulfide) groups is 2. The maximum absolute atomic E-state index is 11.9. The van der Waals surface area contributed by atoms with Gasteiger partial charge in [-0.2, -0.15) is 0 Å². The Balaban J connectivity index is 2.13. The van der Waals surface area contributed by atoms with Gasteiger partial charge in [-0.3, -0.25) is 9.69 Å². The molecule has 1 amide bonds. The van der Waals surface area contributed by atoms with Crippen molar-refractivity contribution in [2.45, 2.75) is 6.92 Å². The third-order valence-electron chi connectivity index (χ3n) is 2.62. The highest BCUT2D eigenvalue weighted by Gasteiger charge is 2.30. The molecular weight excluding hydrogens is 272 g/mol. The minimum Gasteiger partial charge on any atom is -0.369 e. The van der Waals surface area contributed by atoms with Crippen LogP contribution in [-0.4, -0.2) is 45.9 Å². The van der Waals surface area contributed by atoms with Crippen LogP contribution in [0.2, 0.25) is 0 Å². The molecule has 92 valence electrons. The second-order valence-electron chi connectivity index (χ2n) is 3.72. The van der Waals surface area contributed by atoms with E-state index in [1.54, 1.807) is 4.90 Å². The standard InChI is InChI=1S/C11H14N2OS3/c1-3-13-10(14)8(17-11(13)15)4-5-9-12(2)6-7-16-9/h4-5H,3,6-7H2,1-2H3/b8-4+,9-5-. The number of carbonyl (C=O) groups excluding carboxylic acids is 1. The first-order valence-electron chi connectivity index (χ1n) is 5.43. The average molecular weight is 286 g/mol. The predicted molar refractivity (Wildman–Crippen MR) is 78.8 cm³/mol. The van der Waals surface area contributed by atoms with Gasteiger partial charge in [-0.1, -0.05) is 24.0 Å². The lowest BCUT2D eigenvalue weighted by molar-refractivity contribution is -0.122. The molecule has 0 aromatic heterocycles. The van der Waals surface area contributed by atoms with Gasteiger partial charge in [-0.25, -0.2) is 0 Å². The van der Waals surface area contributed by atoms with E-state index in [1.165, 1.54) is 16.8 Å². The molecular formula is C11H14N2OS3. The maximum Gasteiger partial charge on any atom is 0.266 e. The Bertz CT molecular complexity index is 417. The van der Waals surface area contributed by atoms with Gasteiger partial charge in [0.2, 0.25) is 0 Å². The quantitative estimate of drug-likeness (QED) is 0.572. The van der Waals surface area contributed by atoms with E-state index in [0.29, 0.717) is 10.9 Å². The van der Waals surface area contributed by atoms with E-state index in [4.69, 9.17) is 12.2 Å². The minimum atomic E-state index is 0.0324. The largest absolute Gasteiger partial charge is 0.369 e. The number of carbonyl (C=O) groups is 1. The first-order valence-corrected chi connectivity index (χ1v) is 7.64. The SMILES string of the molecule is CCN1C(=O)/C(=C\C=C2/SCCN2C)SC1=S. The zero-order valence-corrected chi connectivity index (χ0v) is 12.3. The van der Waals surface area contributed by atoms with Gasteiger partial charge in [0.25, 0.3) is 5.91 Å². The van der Waals surface area contributed by atoms with Crippen molar-refractivity contribution in [1.29, 1.82) is 0 Å². The van der Waals surface area contributed by atoms with Crippen molar-refractivity contribution >= 4 is 46.0 Å². The molecule has 2 fully saturated rings. The number of likely N-dealkylation sites (N-methyl/N-ethyl adjacent to an activating group) is 1. The van der Waals surface area contributed by atoms with E-state index < -0.39 is 0 Å². The van der Waals surface area contributed by atoms with Gasteiger partial charge in [-0.05, 0) is 19.1 Å². The van der Waals surface area contributed by atoms with Crippen molar-refractivity contribution < 1.29 is 4.79 Å². The molecule has 2 heterocycles. The molecule has 0 bridgehead atoms. The molecule has 0 aliphatic carbocycles. The van der Waals surface area contributed by atoms with Gasteiger partial charge in [0.05, 0.1) is 9.93 Å². The van der Waals surface area contributed by atoms with E-state index in [0.717, 1.165) is 17.2 Å². The summed E-state index contributed by atoms with van der Waals surface area (Å²) in [6.07, 6.45) is 3.90. The second-order valence-corrected chi connectivity index (χ2v) is 6.51. The molecule has 0 aromatic carbocycles. The predicted octanol–water partition coefficient (Wildman–Crippen LogP) is 2.27. The Kier molecular flexibility index (Phi) is 4.17. The third kappa shape index (κ3) is 2.69. The van der Waals surface area contributed by atoms with Crippen LogP contribution < -0.4 is 0 Å². The van der Waals surface area contributed by atoms with Crippen LogP contribution >= 0.6 is 35.7 Å². The first-order chi connectivity index (χ1) is 8.13. The molecule has 2 rings (SSSR count). The van der Waals surface area contributed by atoms with Crippen LogP contribution in [0.1, 0.15) is 6.92 Å². The van der Waals surface area contributed by atoms with E-state index in [2.05, 4.69) is 11.9 Å². The lowest BCUT2D eigenvalue weighted by Crippen LogP contribution is -2.27. The van der Waals surface area contributed by atoms with E-state index in [-0.39, 0.29) is 5.91 Å². The summed E-state index contributed by atoms with van der Waals surface area (Å²) in [6.45, 7) is 3.65. The molecule has 0 radical (unpaired) electrons. The Hall–Kier alpha value is -0.460. The summed E-state index contributed by atoms with van der Waals surface area (Å²) in [6, 6.07) is 0. The summed E-state index contributed by atoms with van der Waals surface area (Å²) in [5, 5.41) is 1.21. The van der Waals surface area contributed by atoms with Crippen molar-refractivity contribution in [2.75, 3.05) is 25.9 Å². The molecule has 6 heteroatoms. The van der Waals surface area contributed by atoms with Crippen LogP contribution in [-0.2, 0) is 4.79 Å². The van der Waals surface area contributed by atoms with Gasteiger partial charge < -0.3 is 4.90 Å². The highest BCUT2D eigenvalue weighted by molar-refractivity contribution is 8.26. The fourth-order valence-electron chi connectivity index (χ4n) is 1.62. The molecule has 0 unspecified atom stereocenters. The van der Waals surface area contributed by atoms with Crippen molar-refractivity contribution in [3.05, 3.63) is 22.1 Å². The topological polar surface area (TPSA) is 23.6 Å². The number of rotatable bonds is 2. The highest BCUT2D eigenvalue weighted by atomic mass is 32.2. The van der Waals surface area contributed by atoms with Crippen LogP contribution in [0, 0.1) is 0 Å². The molecule has 17 heavy (non-hydrogen) atoms. The van der Waals surface area contributed by atoms with Crippen molar-refractivity contribution in [2.24, 2.45) is 0 Å². The van der Waals surface area contributed by atoms with Gasteiger partial charge in [0, 0.05) is 25.9 Å². The third-order valence-corrected chi connectivity index (χ3v) is 5.15. The number of allylic oxidation sites excluding steroid dienone is 2. The Labute approximate surface area is 115 Å². The smallest absolute Gasteiger partial charge is 0.266 e. The van der Waals surface area contributed by atoms with Gasteiger partial charge in [-0.15, -0.1) is 11.8 Å². The van der Waals surface area contributed by atoms with Crippen LogP contribution in [0.4, 0.5) is 0 Å². The van der Waals surface area contributed by atoms with Gasteiger partial charge in [0.15, 0.2) is 0 Å². The van der Waals surface area contributed by atoms with Crippen molar-refractivity contribution in [1.82, 2.24) is 9.80 Å². The molecule has 0 N–H and O–H groups in total. The van der Waals surface area contributed by atoms with Crippen LogP contribution in [0.25, 0.3) is 0 Å². The maximum atomic E-state index is 11.9. The monoisotopic (exact) mass is 286 g/mol. The molecule has 0 aromatic rings.